The molecular formula is C17H21N3O3. The lowest BCUT2D eigenvalue weighted by Gasteiger charge is -2.13. The summed E-state index contributed by atoms with van der Waals surface area (Å²) in [5.41, 5.74) is 2.50. The first-order chi connectivity index (χ1) is 11.0. The standard InChI is InChI=1S/C17H21N3O3/c1-3-20-11-15(10-19-20)16(21)18-9-14(17(22)23)8-13-6-4-12(2)5-7-13/h4-7,10-11,14H,3,8-9H2,1-2H3,(H,18,21)(H,22,23)/t14-/m0/s1. The number of aliphatic carboxylic acids is 1. The molecule has 2 rings (SSSR count). The summed E-state index contributed by atoms with van der Waals surface area (Å²) in [5.74, 6) is -1.89. The van der Waals surface area contributed by atoms with Gasteiger partial charge in [0.1, 0.15) is 0 Å². The number of benzene rings is 1. The Labute approximate surface area is 135 Å². The van der Waals surface area contributed by atoms with E-state index in [2.05, 4.69) is 10.4 Å². The molecule has 1 atom stereocenters. The monoisotopic (exact) mass is 315 g/mol. The number of carbonyl (C=O) groups is 2. The lowest BCUT2D eigenvalue weighted by molar-refractivity contribution is -0.141. The highest BCUT2D eigenvalue weighted by molar-refractivity contribution is 5.93. The van der Waals surface area contributed by atoms with Crippen LogP contribution in [0.1, 0.15) is 28.4 Å². The normalized spacial score (nSPS) is 11.9. The van der Waals surface area contributed by atoms with Crippen LogP contribution in [0.3, 0.4) is 0 Å². The average Bonchev–Trinajstić information content (AvgIpc) is 3.01. The lowest BCUT2D eigenvalue weighted by Crippen LogP contribution is -2.34. The van der Waals surface area contributed by atoms with Crippen molar-refractivity contribution in [2.75, 3.05) is 6.54 Å². The van der Waals surface area contributed by atoms with Crippen LogP contribution < -0.4 is 5.32 Å². The zero-order chi connectivity index (χ0) is 16.8. The van der Waals surface area contributed by atoms with Gasteiger partial charge >= 0.3 is 5.97 Å². The van der Waals surface area contributed by atoms with Gasteiger partial charge in [-0.05, 0) is 25.8 Å². The second-order valence-electron chi connectivity index (χ2n) is 5.52. The van der Waals surface area contributed by atoms with Crippen molar-refractivity contribution in [2.24, 2.45) is 5.92 Å². The van der Waals surface area contributed by atoms with Crippen LogP contribution in [0.4, 0.5) is 0 Å². The zero-order valence-electron chi connectivity index (χ0n) is 13.3. The molecule has 23 heavy (non-hydrogen) atoms. The molecule has 0 aliphatic heterocycles. The first kappa shape index (κ1) is 16.7. The van der Waals surface area contributed by atoms with Gasteiger partial charge in [0.15, 0.2) is 0 Å². The third-order valence-corrected chi connectivity index (χ3v) is 3.68. The minimum Gasteiger partial charge on any atom is -0.481 e. The molecule has 6 heteroatoms. The summed E-state index contributed by atoms with van der Waals surface area (Å²) in [7, 11) is 0. The minimum atomic E-state index is -0.921. The molecule has 0 unspecified atom stereocenters. The van der Waals surface area contributed by atoms with Gasteiger partial charge in [0, 0.05) is 19.3 Å². The highest BCUT2D eigenvalue weighted by atomic mass is 16.4. The van der Waals surface area contributed by atoms with Crippen LogP contribution in [0, 0.1) is 12.8 Å². The van der Waals surface area contributed by atoms with Crippen molar-refractivity contribution < 1.29 is 14.7 Å². The van der Waals surface area contributed by atoms with Gasteiger partial charge in [-0.15, -0.1) is 0 Å². The van der Waals surface area contributed by atoms with Crippen LogP contribution in [-0.4, -0.2) is 33.3 Å². The molecule has 122 valence electrons. The Hall–Kier alpha value is -2.63. The van der Waals surface area contributed by atoms with E-state index in [4.69, 9.17) is 0 Å². The first-order valence-corrected chi connectivity index (χ1v) is 7.58. The Morgan fingerprint density at radius 3 is 2.57 bits per heavy atom. The largest absolute Gasteiger partial charge is 0.481 e. The van der Waals surface area contributed by atoms with Crippen molar-refractivity contribution in [1.29, 1.82) is 0 Å². The summed E-state index contributed by atoms with van der Waals surface area (Å²) in [6, 6.07) is 7.73. The molecule has 0 bridgehead atoms. The Kier molecular flexibility index (Phi) is 5.51. The van der Waals surface area contributed by atoms with Crippen LogP contribution >= 0.6 is 0 Å². The maximum Gasteiger partial charge on any atom is 0.308 e. The third-order valence-electron chi connectivity index (χ3n) is 3.68. The van der Waals surface area contributed by atoms with E-state index in [0.29, 0.717) is 18.5 Å². The highest BCUT2D eigenvalue weighted by Crippen LogP contribution is 2.10. The van der Waals surface area contributed by atoms with E-state index in [1.807, 2.05) is 38.1 Å². The number of aromatic nitrogens is 2. The highest BCUT2D eigenvalue weighted by Gasteiger charge is 2.19. The molecular weight excluding hydrogens is 294 g/mol. The van der Waals surface area contributed by atoms with E-state index < -0.39 is 11.9 Å². The van der Waals surface area contributed by atoms with Crippen molar-refractivity contribution >= 4 is 11.9 Å². The summed E-state index contributed by atoms with van der Waals surface area (Å²) in [6.45, 7) is 4.67. The molecule has 0 aliphatic carbocycles. The number of hydrogen-bond acceptors (Lipinski definition) is 3. The van der Waals surface area contributed by atoms with Crippen molar-refractivity contribution in [3.8, 4) is 0 Å². The summed E-state index contributed by atoms with van der Waals surface area (Å²) < 4.78 is 1.65. The number of carbonyl (C=O) groups excluding carboxylic acids is 1. The molecule has 0 saturated carbocycles. The molecule has 2 N–H and O–H groups in total. The topological polar surface area (TPSA) is 84.2 Å². The predicted octanol–water partition coefficient (Wildman–Crippen LogP) is 1.88. The molecule has 0 spiro atoms. The van der Waals surface area contributed by atoms with Gasteiger partial charge in [-0.1, -0.05) is 29.8 Å². The molecule has 1 aromatic heterocycles. The quantitative estimate of drug-likeness (QED) is 0.817. The smallest absolute Gasteiger partial charge is 0.308 e. The number of carboxylic acids is 1. The van der Waals surface area contributed by atoms with Gasteiger partial charge in [0.05, 0.1) is 17.7 Å². The van der Waals surface area contributed by atoms with E-state index in [9.17, 15) is 14.7 Å². The Balaban J connectivity index is 1.95. The van der Waals surface area contributed by atoms with E-state index in [1.54, 1.807) is 10.9 Å². The summed E-state index contributed by atoms with van der Waals surface area (Å²) in [6.07, 6.45) is 3.50. The number of amides is 1. The Morgan fingerprint density at radius 2 is 2.00 bits per heavy atom. The van der Waals surface area contributed by atoms with Crippen molar-refractivity contribution in [1.82, 2.24) is 15.1 Å². The molecule has 1 aromatic carbocycles. The Morgan fingerprint density at radius 1 is 1.30 bits per heavy atom. The minimum absolute atomic E-state index is 0.0827. The molecule has 0 fully saturated rings. The van der Waals surface area contributed by atoms with Crippen LogP contribution in [-0.2, 0) is 17.8 Å². The van der Waals surface area contributed by atoms with Gasteiger partial charge in [-0.25, -0.2) is 0 Å². The second kappa shape index (κ2) is 7.58. The molecule has 0 saturated heterocycles. The van der Waals surface area contributed by atoms with Crippen LogP contribution in [0.25, 0.3) is 0 Å². The maximum absolute atomic E-state index is 12.0. The maximum atomic E-state index is 12.0. The number of carboxylic acid groups (broad SMARTS) is 1. The number of nitrogens with one attached hydrogen (secondary N) is 1. The number of rotatable bonds is 7. The van der Waals surface area contributed by atoms with E-state index >= 15 is 0 Å². The number of aryl methyl sites for hydroxylation is 2. The van der Waals surface area contributed by atoms with Crippen LogP contribution in [0.5, 0.6) is 0 Å². The molecule has 6 nitrogen and oxygen atoms in total. The number of hydrogen-bond donors (Lipinski definition) is 2. The predicted molar refractivity (Wildman–Crippen MR) is 86.2 cm³/mol. The van der Waals surface area contributed by atoms with Gasteiger partial charge in [-0.3, -0.25) is 14.3 Å². The van der Waals surface area contributed by atoms with E-state index in [-0.39, 0.29) is 12.5 Å². The second-order valence-corrected chi connectivity index (χ2v) is 5.52. The fourth-order valence-corrected chi connectivity index (χ4v) is 2.23. The van der Waals surface area contributed by atoms with Gasteiger partial charge in [-0.2, -0.15) is 5.10 Å². The van der Waals surface area contributed by atoms with Gasteiger partial charge < -0.3 is 10.4 Å². The molecule has 2 aromatic rings. The fraction of sp³-hybridized carbons (Fsp3) is 0.353. The van der Waals surface area contributed by atoms with Gasteiger partial charge in [0.2, 0.25) is 0 Å². The lowest BCUT2D eigenvalue weighted by atomic mass is 9.98. The molecule has 1 amide bonds. The van der Waals surface area contributed by atoms with Crippen molar-refractivity contribution in [3.63, 3.8) is 0 Å². The van der Waals surface area contributed by atoms with Crippen LogP contribution in [0.2, 0.25) is 0 Å². The summed E-state index contributed by atoms with van der Waals surface area (Å²) in [5, 5.41) is 16.1. The summed E-state index contributed by atoms with van der Waals surface area (Å²) in [4.78, 5) is 23.4. The summed E-state index contributed by atoms with van der Waals surface area (Å²) >= 11 is 0. The third kappa shape index (κ3) is 4.67. The van der Waals surface area contributed by atoms with Crippen molar-refractivity contribution in [3.05, 3.63) is 53.3 Å². The van der Waals surface area contributed by atoms with Gasteiger partial charge in [0.25, 0.3) is 5.91 Å². The fourth-order valence-electron chi connectivity index (χ4n) is 2.23. The zero-order valence-corrected chi connectivity index (χ0v) is 13.3. The van der Waals surface area contributed by atoms with Crippen molar-refractivity contribution in [2.45, 2.75) is 26.8 Å². The average molecular weight is 315 g/mol. The first-order valence-electron chi connectivity index (χ1n) is 7.58. The Bertz CT molecular complexity index is 677. The van der Waals surface area contributed by atoms with Crippen LogP contribution in [0.15, 0.2) is 36.7 Å². The molecule has 0 aliphatic rings. The SMILES string of the molecule is CCn1cc(C(=O)NC[C@H](Cc2ccc(C)cc2)C(=O)O)cn1. The number of nitrogens with zero attached hydrogens (tertiary/aromatic N) is 2. The van der Waals surface area contributed by atoms with E-state index in [0.717, 1.165) is 11.1 Å². The molecule has 1 heterocycles. The van der Waals surface area contributed by atoms with E-state index in [1.165, 1.54) is 6.20 Å². The molecule has 0 radical (unpaired) electrons.